The van der Waals surface area contributed by atoms with Crippen molar-refractivity contribution >= 4 is 0 Å². The topological polar surface area (TPSA) is 53.7 Å². The molecule has 1 rings (SSSR count). The molecule has 0 aromatic heterocycles. The van der Waals surface area contributed by atoms with Crippen molar-refractivity contribution in [3.63, 3.8) is 0 Å². The monoisotopic (exact) mass is 217 g/mol. The maximum atomic E-state index is 5.89. The second kappa shape index (κ2) is 8.05. The van der Waals surface area contributed by atoms with E-state index in [0.29, 0.717) is 19.8 Å². The summed E-state index contributed by atoms with van der Waals surface area (Å²) in [6, 6.07) is 0.249. The van der Waals surface area contributed by atoms with Crippen molar-refractivity contribution in [1.82, 2.24) is 0 Å². The number of methoxy groups -OCH3 is 1. The van der Waals surface area contributed by atoms with Crippen LogP contribution in [0.5, 0.6) is 0 Å². The largest absolute Gasteiger partial charge is 0.382 e. The Bertz CT molecular complexity index is 151. The number of hydrogen-bond acceptors (Lipinski definition) is 4. The van der Waals surface area contributed by atoms with E-state index in [1.807, 2.05) is 0 Å². The molecule has 0 aliphatic heterocycles. The number of rotatable bonds is 10. The van der Waals surface area contributed by atoms with E-state index in [4.69, 9.17) is 19.9 Å². The Balaban J connectivity index is 1.72. The molecule has 0 bridgehead atoms. The Labute approximate surface area is 92.1 Å². The first-order chi connectivity index (χ1) is 7.34. The van der Waals surface area contributed by atoms with E-state index >= 15 is 0 Å². The molecule has 1 aliphatic carbocycles. The molecule has 90 valence electrons. The van der Waals surface area contributed by atoms with Gasteiger partial charge in [-0.3, -0.25) is 0 Å². The Kier molecular flexibility index (Phi) is 6.92. The molecule has 15 heavy (non-hydrogen) atoms. The maximum Gasteiger partial charge on any atom is 0.0700 e. The van der Waals surface area contributed by atoms with Crippen LogP contribution in [0.1, 0.15) is 19.3 Å². The van der Waals surface area contributed by atoms with E-state index in [2.05, 4.69) is 0 Å². The SMILES string of the molecule is COCCOCCCOCC(N)C1CC1. The molecule has 1 aliphatic rings. The van der Waals surface area contributed by atoms with Gasteiger partial charge in [-0.2, -0.15) is 0 Å². The summed E-state index contributed by atoms with van der Waals surface area (Å²) in [5, 5.41) is 0. The molecule has 0 saturated heterocycles. The van der Waals surface area contributed by atoms with Gasteiger partial charge in [-0.1, -0.05) is 0 Å². The Morgan fingerprint density at radius 3 is 2.53 bits per heavy atom. The first-order valence-electron chi connectivity index (χ1n) is 5.74. The quantitative estimate of drug-likeness (QED) is 0.550. The third-order valence-corrected chi connectivity index (χ3v) is 2.55. The number of nitrogens with two attached hydrogens (primary N) is 1. The third kappa shape index (κ3) is 6.84. The molecule has 0 aromatic carbocycles. The molecule has 0 heterocycles. The molecule has 0 radical (unpaired) electrons. The summed E-state index contributed by atoms with van der Waals surface area (Å²) in [7, 11) is 1.67. The molecule has 1 atom stereocenters. The summed E-state index contributed by atoms with van der Waals surface area (Å²) in [4.78, 5) is 0. The fourth-order valence-corrected chi connectivity index (χ4v) is 1.39. The van der Waals surface area contributed by atoms with Crippen molar-refractivity contribution in [1.29, 1.82) is 0 Å². The maximum absolute atomic E-state index is 5.89. The van der Waals surface area contributed by atoms with Crippen molar-refractivity contribution in [3.8, 4) is 0 Å². The van der Waals surface area contributed by atoms with Crippen LogP contribution in [0.25, 0.3) is 0 Å². The van der Waals surface area contributed by atoms with Crippen LogP contribution in [-0.4, -0.2) is 46.2 Å². The van der Waals surface area contributed by atoms with Crippen molar-refractivity contribution in [2.24, 2.45) is 11.7 Å². The van der Waals surface area contributed by atoms with Gasteiger partial charge in [0.05, 0.1) is 19.8 Å². The standard InChI is InChI=1S/C11H23NO3/c1-13-7-8-14-5-2-6-15-9-11(12)10-3-4-10/h10-11H,2-9,12H2,1H3. The van der Waals surface area contributed by atoms with E-state index in [-0.39, 0.29) is 6.04 Å². The van der Waals surface area contributed by atoms with Crippen molar-refractivity contribution < 1.29 is 14.2 Å². The first kappa shape index (κ1) is 12.9. The molecule has 0 amide bonds. The third-order valence-electron chi connectivity index (χ3n) is 2.55. The summed E-state index contributed by atoms with van der Waals surface area (Å²) >= 11 is 0. The average Bonchev–Trinajstić information content (AvgIpc) is 3.05. The molecule has 0 aromatic rings. The van der Waals surface area contributed by atoms with E-state index in [1.165, 1.54) is 12.8 Å². The second-order valence-corrected chi connectivity index (χ2v) is 4.03. The summed E-state index contributed by atoms with van der Waals surface area (Å²) in [6.45, 7) is 3.50. The van der Waals surface area contributed by atoms with Crippen molar-refractivity contribution in [3.05, 3.63) is 0 Å². The molecule has 4 heteroatoms. The molecular formula is C11H23NO3. The van der Waals surface area contributed by atoms with Gasteiger partial charge in [-0.05, 0) is 25.2 Å². The Hall–Kier alpha value is -0.160. The molecule has 1 fully saturated rings. The highest BCUT2D eigenvalue weighted by Gasteiger charge is 2.28. The normalized spacial score (nSPS) is 18.0. The lowest BCUT2D eigenvalue weighted by Crippen LogP contribution is -2.28. The van der Waals surface area contributed by atoms with Crippen LogP contribution >= 0.6 is 0 Å². The lowest BCUT2D eigenvalue weighted by molar-refractivity contribution is 0.0483. The molecular weight excluding hydrogens is 194 g/mol. The Morgan fingerprint density at radius 2 is 1.87 bits per heavy atom. The molecule has 2 N–H and O–H groups in total. The average molecular weight is 217 g/mol. The van der Waals surface area contributed by atoms with Gasteiger partial charge in [0.25, 0.3) is 0 Å². The van der Waals surface area contributed by atoms with Crippen LogP contribution in [0.4, 0.5) is 0 Å². The van der Waals surface area contributed by atoms with E-state index in [1.54, 1.807) is 7.11 Å². The van der Waals surface area contributed by atoms with Gasteiger partial charge in [0, 0.05) is 26.4 Å². The molecule has 4 nitrogen and oxygen atoms in total. The van der Waals surface area contributed by atoms with Crippen LogP contribution in [-0.2, 0) is 14.2 Å². The summed E-state index contributed by atoms with van der Waals surface area (Å²) in [5.41, 5.74) is 5.89. The van der Waals surface area contributed by atoms with Crippen LogP contribution < -0.4 is 5.73 Å². The predicted molar refractivity (Wildman–Crippen MR) is 58.8 cm³/mol. The van der Waals surface area contributed by atoms with Crippen molar-refractivity contribution in [2.45, 2.75) is 25.3 Å². The smallest absolute Gasteiger partial charge is 0.0700 e. The molecule has 1 unspecified atom stereocenters. The molecule has 0 spiro atoms. The van der Waals surface area contributed by atoms with Crippen LogP contribution in [0, 0.1) is 5.92 Å². The minimum atomic E-state index is 0.249. The van der Waals surface area contributed by atoms with Gasteiger partial charge in [0.15, 0.2) is 0 Å². The number of ether oxygens (including phenoxy) is 3. The lowest BCUT2D eigenvalue weighted by Gasteiger charge is -2.10. The highest BCUT2D eigenvalue weighted by molar-refractivity contribution is 4.83. The second-order valence-electron chi connectivity index (χ2n) is 4.03. The minimum absolute atomic E-state index is 0.249. The fraction of sp³-hybridized carbons (Fsp3) is 1.00. The summed E-state index contributed by atoms with van der Waals surface area (Å²) < 4.78 is 15.6. The zero-order chi connectivity index (χ0) is 10.9. The van der Waals surface area contributed by atoms with Gasteiger partial charge in [-0.25, -0.2) is 0 Å². The zero-order valence-electron chi connectivity index (χ0n) is 9.61. The fourth-order valence-electron chi connectivity index (χ4n) is 1.39. The first-order valence-corrected chi connectivity index (χ1v) is 5.74. The zero-order valence-corrected chi connectivity index (χ0v) is 9.61. The highest BCUT2D eigenvalue weighted by atomic mass is 16.5. The number of hydrogen-bond donors (Lipinski definition) is 1. The van der Waals surface area contributed by atoms with Gasteiger partial charge in [0.2, 0.25) is 0 Å². The minimum Gasteiger partial charge on any atom is -0.382 e. The van der Waals surface area contributed by atoms with E-state index in [9.17, 15) is 0 Å². The van der Waals surface area contributed by atoms with E-state index in [0.717, 1.165) is 25.6 Å². The summed E-state index contributed by atoms with van der Waals surface area (Å²) in [6.07, 6.45) is 3.50. The van der Waals surface area contributed by atoms with Gasteiger partial charge < -0.3 is 19.9 Å². The van der Waals surface area contributed by atoms with Crippen LogP contribution in [0.15, 0.2) is 0 Å². The van der Waals surface area contributed by atoms with Gasteiger partial charge >= 0.3 is 0 Å². The predicted octanol–water partition coefficient (Wildman–Crippen LogP) is 0.793. The van der Waals surface area contributed by atoms with Crippen molar-refractivity contribution in [2.75, 3.05) is 40.1 Å². The van der Waals surface area contributed by atoms with Gasteiger partial charge in [0.1, 0.15) is 0 Å². The van der Waals surface area contributed by atoms with Crippen LogP contribution in [0.3, 0.4) is 0 Å². The highest BCUT2D eigenvalue weighted by Crippen LogP contribution is 2.31. The van der Waals surface area contributed by atoms with E-state index < -0.39 is 0 Å². The van der Waals surface area contributed by atoms with Gasteiger partial charge in [-0.15, -0.1) is 0 Å². The Morgan fingerprint density at radius 1 is 1.13 bits per heavy atom. The molecule has 1 saturated carbocycles. The van der Waals surface area contributed by atoms with Crippen LogP contribution in [0.2, 0.25) is 0 Å². The lowest BCUT2D eigenvalue weighted by atomic mass is 10.2. The summed E-state index contributed by atoms with van der Waals surface area (Å²) in [5.74, 6) is 0.725.